The smallest absolute Gasteiger partial charge is 0.350 e. The third-order valence-corrected chi connectivity index (χ3v) is 5.02. The van der Waals surface area contributed by atoms with Gasteiger partial charge >= 0.3 is 6.18 Å². The van der Waals surface area contributed by atoms with Crippen molar-refractivity contribution in [2.24, 2.45) is 5.92 Å². The maximum Gasteiger partial charge on any atom is 0.416 e. The van der Waals surface area contributed by atoms with Crippen LogP contribution in [0.15, 0.2) is 30.5 Å². The van der Waals surface area contributed by atoms with E-state index >= 15 is 0 Å². The SMILES string of the molecule is CC(C)(C)Nc1ncc2nc(Nc3cccc(C(F)(F)F)c3)n(CC3CCNC3)c2n1. The van der Waals surface area contributed by atoms with Crippen LogP contribution in [-0.2, 0) is 12.7 Å². The lowest BCUT2D eigenvalue weighted by Gasteiger charge is -2.20. The summed E-state index contributed by atoms with van der Waals surface area (Å²) in [4.78, 5) is 13.6. The van der Waals surface area contributed by atoms with Crippen molar-refractivity contribution < 1.29 is 13.2 Å². The molecule has 1 fully saturated rings. The largest absolute Gasteiger partial charge is 0.416 e. The van der Waals surface area contributed by atoms with Crippen LogP contribution in [0, 0.1) is 5.92 Å². The minimum Gasteiger partial charge on any atom is -0.350 e. The Hall–Kier alpha value is -2.88. The molecule has 4 rings (SSSR count). The zero-order valence-electron chi connectivity index (χ0n) is 17.7. The number of nitrogens with one attached hydrogen (secondary N) is 3. The topological polar surface area (TPSA) is 79.7 Å². The molecule has 1 aliphatic heterocycles. The summed E-state index contributed by atoms with van der Waals surface area (Å²) >= 11 is 0. The van der Waals surface area contributed by atoms with E-state index < -0.39 is 11.7 Å². The highest BCUT2D eigenvalue weighted by Crippen LogP contribution is 2.32. The van der Waals surface area contributed by atoms with Gasteiger partial charge in [0.05, 0.1) is 11.8 Å². The molecule has 0 spiro atoms. The molecule has 0 saturated carbocycles. The molecule has 0 amide bonds. The van der Waals surface area contributed by atoms with Gasteiger partial charge in [-0.2, -0.15) is 18.2 Å². The van der Waals surface area contributed by atoms with E-state index in [0.717, 1.165) is 31.6 Å². The van der Waals surface area contributed by atoms with Crippen molar-refractivity contribution in [2.75, 3.05) is 23.7 Å². The Bertz CT molecular complexity index is 1060. The number of alkyl halides is 3. The van der Waals surface area contributed by atoms with Crippen molar-refractivity contribution >= 4 is 28.7 Å². The third-order valence-electron chi connectivity index (χ3n) is 5.02. The van der Waals surface area contributed by atoms with Crippen LogP contribution in [-0.4, -0.2) is 38.1 Å². The molecule has 0 aliphatic carbocycles. The van der Waals surface area contributed by atoms with E-state index in [2.05, 4.69) is 30.9 Å². The van der Waals surface area contributed by atoms with Crippen molar-refractivity contribution in [2.45, 2.75) is 45.5 Å². The molecule has 3 heterocycles. The predicted molar refractivity (Wildman–Crippen MR) is 114 cm³/mol. The highest BCUT2D eigenvalue weighted by molar-refractivity contribution is 5.76. The van der Waals surface area contributed by atoms with Crippen molar-refractivity contribution in [1.29, 1.82) is 0 Å². The molecule has 2 aromatic heterocycles. The van der Waals surface area contributed by atoms with E-state index in [-0.39, 0.29) is 5.54 Å². The lowest BCUT2D eigenvalue weighted by molar-refractivity contribution is -0.137. The number of anilines is 3. The molecule has 0 radical (unpaired) electrons. The van der Waals surface area contributed by atoms with Crippen LogP contribution in [0.4, 0.5) is 30.8 Å². The first kappa shape index (κ1) is 21.4. The highest BCUT2D eigenvalue weighted by Gasteiger charge is 2.30. The van der Waals surface area contributed by atoms with Gasteiger partial charge < -0.3 is 16.0 Å². The fourth-order valence-electron chi connectivity index (χ4n) is 3.61. The van der Waals surface area contributed by atoms with Crippen molar-refractivity contribution in [3.8, 4) is 0 Å². The number of fused-ring (bicyclic) bond motifs is 1. The Morgan fingerprint density at radius 3 is 2.68 bits per heavy atom. The Morgan fingerprint density at radius 1 is 1.19 bits per heavy atom. The van der Waals surface area contributed by atoms with Gasteiger partial charge in [0, 0.05) is 17.8 Å². The summed E-state index contributed by atoms with van der Waals surface area (Å²) < 4.78 is 41.3. The summed E-state index contributed by atoms with van der Waals surface area (Å²) in [6, 6.07) is 5.10. The van der Waals surface area contributed by atoms with Crippen molar-refractivity contribution in [3.05, 3.63) is 36.0 Å². The van der Waals surface area contributed by atoms with Gasteiger partial charge in [-0.1, -0.05) is 6.07 Å². The molecule has 10 heteroatoms. The van der Waals surface area contributed by atoms with E-state index in [9.17, 15) is 13.2 Å². The first-order valence-electron chi connectivity index (χ1n) is 10.2. The number of halogens is 3. The van der Waals surface area contributed by atoms with Gasteiger partial charge in [-0.3, -0.25) is 4.57 Å². The molecule has 166 valence electrons. The van der Waals surface area contributed by atoms with E-state index in [4.69, 9.17) is 0 Å². The van der Waals surface area contributed by atoms with E-state index in [1.807, 2.05) is 25.3 Å². The second kappa shape index (κ2) is 7.99. The molecule has 1 saturated heterocycles. The summed E-state index contributed by atoms with van der Waals surface area (Å²) in [6.45, 7) is 8.52. The Balaban J connectivity index is 1.73. The highest BCUT2D eigenvalue weighted by atomic mass is 19.4. The number of nitrogens with zero attached hydrogens (tertiary/aromatic N) is 4. The number of hydrogen-bond acceptors (Lipinski definition) is 6. The second-order valence-electron chi connectivity index (χ2n) is 8.89. The maximum atomic E-state index is 13.1. The van der Waals surface area contributed by atoms with Crippen LogP contribution >= 0.6 is 0 Å². The molecule has 0 bridgehead atoms. The number of imidazole rings is 1. The van der Waals surface area contributed by atoms with Crippen LogP contribution in [0.5, 0.6) is 0 Å². The molecule has 1 aliphatic rings. The lowest BCUT2D eigenvalue weighted by atomic mass is 10.1. The maximum absolute atomic E-state index is 13.1. The van der Waals surface area contributed by atoms with Gasteiger partial charge in [0.1, 0.15) is 5.52 Å². The number of aromatic nitrogens is 4. The average molecular weight is 433 g/mol. The van der Waals surface area contributed by atoms with E-state index in [1.54, 1.807) is 12.3 Å². The standard InChI is InChI=1S/C21H26F3N7/c1-20(2,3)30-18-26-11-16-17(29-18)31(12-13-7-8-25-10-13)19(28-16)27-15-6-4-5-14(9-15)21(22,23)24/h4-6,9,11,13,25H,7-8,10,12H2,1-3H3,(H,27,28)(H,26,29,30). The molecular weight excluding hydrogens is 407 g/mol. The molecule has 3 N–H and O–H groups in total. The average Bonchev–Trinajstić information content (AvgIpc) is 3.29. The van der Waals surface area contributed by atoms with Crippen LogP contribution in [0.2, 0.25) is 0 Å². The van der Waals surface area contributed by atoms with Gasteiger partial charge in [-0.15, -0.1) is 0 Å². The minimum atomic E-state index is -4.41. The molecule has 7 nitrogen and oxygen atoms in total. The normalized spacial score (nSPS) is 17.3. The monoisotopic (exact) mass is 433 g/mol. The zero-order valence-corrected chi connectivity index (χ0v) is 17.7. The lowest BCUT2D eigenvalue weighted by Crippen LogP contribution is -2.27. The minimum absolute atomic E-state index is 0.215. The molecule has 1 atom stereocenters. The summed E-state index contributed by atoms with van der Waals surface area (Å²) in [7, 11) is 0. The number of benzene rings is 1. The molecule has 1 unspecified atom stereocenters. The van der Waals surface area contributed by atoms with Gasteiger partial charge in [-0.05, 0) is 64.4 Å². The van der Waals surface area contributed by atoms with E-state index in [1.165, 1.54) is 6.07 Å². The third kappa shape index (κ3) is 5.07. The Morgan fingerprint density at radius 2 is 2.00 bits per heavy atom. The summed E-state index contributed by atoms with van der Waals surface area (Å²) in [6.07, 6.45) is -1.76. The van der Waals surface area contributed by atoms with Crippen molar-refractivity contribution in [1.82, 2.24) is 24.8 Å². The fourth-order valence-corrected chi connectivity index (χ4v) is 3.61. The second-order valence-corrected chi connectivity index (χ2v) is 8.89. The molecular formula is C21H26F3N7. The van der Waals surface area contributed by atoms with Crippen LogP contribution in [0.3, 0.4) is 0 Å². The van der Waals surface area contributed by atoms with Gasteiger partial charge in [0.15, 0.2) is 5.65 Å². The summed E-state index contributed by atoms with van der Waals surface area (Å²) in [5, 5.41) is 9.66. The summed E-state index contributed by atoms with van der Waals surface area (Å²) in [5.74, 6) is 1.31. The van der Waals surface area contributed by atoms with Gasteiger partial charge in [0.2, 0.25) is 11.9 Å². The molecule has 31 heavy (non-hydrogen) atoms. The van der Waals surface area contributed by atoms with Gasteiger partial charge in [-0.25, -0.2) is 9.97 Å². The number of hydrogen-bond donors (Lipinski definition) is 3. The van der Waals surface area contributed by atoms with Crippen LogP contribution in [0.1, 0.15) is 32.8 Å². The fraction of sp³-hybridized carbons (Fsp3) is 0.476. The van der Waals surface area contributed by atoms with E-state index in [0.29, 0.717) is 41.2 Å². The van der Waals surface area contributed by atoms with Crippen LogP contribution < -0.4 is 16.0 Å². The van der Waals surface area contributed by atoms with Crippen LogP contribution in [0.25, 0.3) is 11.2 Å². The zero-order chi connectivity index (χ0) is 22.2. The number of rotatable bonds is 5. The first-order valence-corrected chi connectivity index (χ1v) is 10.2. The van der Waals surface area contributed by atoms with Gasteiger partial charge in [0.25, 0.3) is 0 Å². The Kier molecular flexibility index (Phi) is 5.50. The van der Waals surface area contributed by atoms with Crippen molar-refractivity contribution in [3.63, 3.8) is 0 Å². The quantitative estimate of drug-likeness (QED) is 0.553. The molecule has 3 aromatic rings. The predicted octanol–water partition coefficient (Wildman–Crippen LogP) is 4.41. The summed E-state index contributed by atoms with van der Waals surface area (Å²) in [5.41, 5.74) is 0.615. The first-order chi connectivity index (χ1) is 14.6. The Labute approximate surface area is 178 Å². The molecule has 1 aromatic carbocycles.